The number of carboxylic acid groups (broad SMARTS) is 1. The molecule has 0 spiro atoms. The van der Waals surface area contributed by atoms with Crippen molar-refractivity contribution in [2.75, 3.05) is 9.62 Å². The fourth-order valence-corrected chi connectivity index (χ4v) is 4.34. The van der Waals surface area contributed by atoms with Crippen LogP contribution in [0.5, 0.6) is 0 Å². The van der Waals surface area contributed by atoms with Crippen molar-refractivity contribution in [3.8, 4) is 11.1 Å². The lowest BCUT2D eigenvalue weighted by Crippen LogP contribution is -2.45. The summed E-state index contributed by atoms with van der Waals surface area (Å²) in [5.41, 5.74) is 3.62. The number of hydrogen-bond donors (Lipinski definition) is 2. The molecular formula is C25H25N2O5S-. The first-order valence-electron chi connectivity index (χ1n) is 10.4. The Bertz CT molecular complexity index is 1120. The van der Waals surface area contributed by atoms with Gasteiger partial charge in [-0.25, -0.2) is 4.79 Å². The maximum atomic E-state index is 12.2. The average molecular weight is 466 g/mol. The van der Waals surface area contributed by atoms with E-state index in [0.29, 0.717) is 0 Å². The number of nitrogens with zero attached hydrogens (tertiary/aromatic N) is 1. The molecule has 0 aliphatic heterocycles. The highest BCUT2D eigenvalue weighted by Gasteiger charge is 2.30. The van der Waals surface area contributed by atoms with Gasteiger partial charge in [0.1, 0.15) is 6.04 Å². The van der Waals surface area contributed by atoms with Crippen molar-refractivity contribution in [3.05, 3.63) is 84.4 Å². The van der Waals surface area contributed by atoms with E-state index in [9.17, 15) is 23.5 Å². The van der Waals surface area contributed by atoms with Gasteiger partial charge in [0.2, 0.25) is 5.91 Å². The molecule has 7 nitrogen and oxygen atoms in total. The molecule has 3 rings (SSSR count). The van der Waals surface area contributed by atoms with Gasteiger partial charge in [-0.15, -0.1) is 0 Å². The van der Waals surface area contributed by atoms with Crippen molar-refractivity contribution in [1.29, 1.82) is 0 Å². The molecule has 0 aliphatic carbocycles. The molecule has 8 heteroatoms. The number of para-hydroxylation sites is 1. The lowest BCUT2D eigenvalue weighted by atomic mass is 10.0. The number of benzene rings is 3. The topological polar surface area (TPSA) is 110 Å². The fourth-order valence-electron chi connectivity index (χ4n) is 3.52. The predicted molar refractivity (Wildman–Crippen MR) is 128 cm³/mol. The second kappa shape index (κ2) is 10.9. The standard InChI is InChI=1S/C25H26N2O5S/c1-17(2)24(25(29)30)27(33(31)32)22-14-12-20(13-15-22)19-10-8-18(9-11-19)16-23(28)26-21-6-4-3-5-7-21/h3-15,17,24H,16H2,1-2H3,(H,26,28)(H,29,30)(H,31,32)/p-1. The molecule has 2 unspecified atom stereocenters. The summed E-state index contributed by atoms with van der Waals surface area (Å²) >= 11 is -2.74. The molecule has 3 aromatic carbocycles. The van der Waals surface area contributed by atoms with E-state index >= 15 is 0 Å². The van der Waals surface area contributed by atoms with Gasteiger partial charge in [0, 0.05) is 22.6 Å². The molecule has 2 atom stereocenters. The van der Waals surface area contributed by atoms with Gasteiger partial charge >= 0.3 is 5.97 Å². The Balaban J connectivity index is 1.72. The lowest BCUT2D eigenvalue weighted by molar-refractivity contribution is -0.139. The maximum absolute atomic E-state index is 12.2. The second-order valence-electron chi connectivity index (χ2n) is 7.90. The van der Waals surface area contributed by atoms with Crippen LogP contribution in [0.1, 0.15) is 19.4 Å². The van der Waals surface area contributed by atoms with Gasteiger partial charge in [-0.1, -0.05) is 68.4 Å². The van der Waals surface area contributed by atoms with Crippen LogP contribution in [0.25, 0.3) is 11.1 Å². The highest BCUT2D eigenvalue weighted by molar-refractivity contribution is 7.80. The molecule has 1 amide bonds. The number of carbonyl (C=O) groups excluding carboxylic acids is 1. The SMILES string of the molecule is CC(C)C(C(=O)O)N(c1ccc(-c2ccc(CC(=O)Nc3ccccc3)cc2)cc1)S(=O)[O-]. The first kappa shape index (κ1) is 24.2. The third kappa shape index (κ3) is 6.27. The van der Waals surface area contributed by atoms with Gasteiger partial charge in [0.25, 0.3) is 0 Å². The Morgan fingerprint density at radius 1 is 0.939 bits per heavy atom. The van der Waals surface area contributed by atoms with Crippen molar-refractivity contribution in [2.24, 2.45) is 5.92 Å². The monoisotopic (exact) mass is 465 g/mol. The highest BCUT2D eigenvalue weighted by Crippen LogP contribution is 2.27. The summed E-state index contributed by atoms with van der Waals surface area (Å²) in [4.78, 5) is 23.9. The summed E-state index contributed by atoms with van der Waals surface area (Å²) < 4.78 is 24.4. The van der Waals surface area contributed by atoms with E-state index in [1.165, 1.54) is 0 Å². The van der Waals surface area contributed by atoms with Crippen LogP contribution in [0.2, 0.25) is 0 Å². The first-order valence-corrected chi connectivity index (χ1v) is 11.4. The molecule has 0 aromatic heterocycles. The van der Waals surface area contributed by atoms with Crippen LogP contribution in [0, 0.1) is 5.92 Å². The summed E-state index contributed by atoms with van der Waals surface area (Å²) in [7, 11) is 0. The van der Waals surface area contributed by atoms with Gasteiger partial charge in [-0.3, -0.25) is 13.3 Å². The summed E-state index contributed by atoms with van der Waals surface area (Å²) in [6.45, 7) is 3.32. The number of aliphatic carboxylic acids is 1. The Kier molecular flexibility index (Phi) is 7.97. The van der Waals surface area contributed by atoms with Gasteiger partial charge < -0.3 is 15.0 Å². The number of hydrogen-bond acceptors (Lipinski definition) is 4. The van der Waals surface area contributed by atoms with Crippen molar-refractivity contribution >= 4 is 34.5 Å². The van der Waals surface area contributed by atoms with Crippen LogP contribution in [-0.4, -0.2) is 31.8 Å². The molecule has 3 aromatic rings. The quantitative estimate of drug-likeness (QED) is 0.459. The average Bonchev–Trinajstić information content (AvgIpc) is 2.78. The summed E-state index contributed by atoms with van der Waals surface area (Å²) in [6, 6.07) is 22.2. The molecule has 0 fully saturated rings. The Morgan fingerprint density at radius 2 is 1.48 bits per heavy atom. The van der Waals surface area contributed by atoms with Crippen molar-refractivity contribution in [3.63, 3.8) is 0 Å². The second-order valence-corrected chi connectivity index (χ2v) is 8.73. The molecule has 2 N–H and O–H groups in total. The van der Waals surface area contributed by atoms with E-state index in [1.54, 1.807) is 38.1 Å². The summed E-state index contributed by atoms with van der Waals surface area (Å²) in [5.74, 6) is -1.72. The van der Waals surface area contributed by atoms with E-state index in [4.69, 9.17) is 0 Å². The molecule has 0 heterocycles. The number of carboxylic acids is 1. The van der Waals surface area contributed by atoms with E-state index < -0.39 is 29.2 Å². The molecule has 0 aliphatic rings. The van der Waals surface area contributed by atoms with Crippen LogP contribution in [0.4, 0.5) is 11.4 Å². The normalized spacial score (nSPS) is 12.7. The number of carbonyl (C=O) groups is 2. The number of anilines is 2. The van der Waals surface area contributed by atoms with Gasteiger partial charge in [0.15, 0.2) is 0 Å². The van der Waals surface area contributed by atoms with Crippen molar-refractivity contribution < 1.29 is 23.5 Å². The van der Waals surface area contributed by atoms with Gasteiger partial charge in [-0.2, -0.15) is 0 Å². The highest BCUT2D eigenvalue weighted by atomic mass is 32.2. The molecule has 33 heavy (non-hydrogen) atoms. The Morgan fingerprint density at radius 3 is 1.97 bits per heavy atom. The molecule has 0 saturated carbocycles. The molecule has 0 radical (unpaired) electrons. The number of rotatable bonds is 9. The largest absolute Gasteiger partial charge is 0.755 e. The van der Waals surface area contributed by atoms with E-state index in [2.05, 4.69) is 5.32 Å². The van der Waals surface area contributed by atoms with E-state index in [-0.39, 0.29) is 18.0 Å². The lowest BCUT2D eigenvalue weighted by Gasteiger charge is -2.34. The third-order valence-corrected chi connectivity index (χ3v) is 5.89. The Hall–Kier alpha value is -3.49. The maximum Gasteiger partial charge on any atom is 0.327 e. The zero-order valence-electron chi connectivity index (χ0n) is 18.3. The molecule has 172 valence electrons. The molecular weight excluding hydrogens is 440 g/mol. The summed E-state index contributed by atoms with van der Waals surface area (Å²) in [5, 5.41) is 12.3. The van der Waals surface area contributed by atoms with E-state index in [0.717, 1.165) is 26.7 Å². The minimum absolute atomic E-state index is 0.109. The van der Waals surface area contributed by atoms with Crippen molar-refractivity contribution in [1.82, 2.24) is 0 Å². The van der Waals surface area contributed by atoms with Crippen LogP contribution in [0.3, 0.4) is 0 Å². The smallest absolute Gasteiger partial charge is 0.327 e. The van der Waals surface area contributed by atoms with Gasteiger partial charge in [-0.05, 0) is 46.9 Å². The van der Waals surface area contributed by atoms with Crippen molar-refractivity contribution in [2.45, 2.75) is 26.3 Å². The van der Waals surface area contributed by atoms with Crippen LogP contribution in [0.15, 0.2) is 78.9 Å². The predicted octanol–water partition coefficient (Wildman–Crippen LogP) is 4.24. The minimum atomic E-state index is -2.74. The van der Waals surface area contributed by atoms with Gasteiger partial charge in [0.05, 0.1) is 6.42 Å². The first-order chi connectivity index (χ1) is 15.8. The van der Waals surface area contributed by atoms with Crippen LogP contribution >= 0.6 is 0 Å². The number of amides is 1. The molecule has 0 saturated heterocycles. The van der Waals surface area contributed by atoms with Crippen LogP contribution in [-0.2, 0) is 27.3 Å². The fraction of sp³-hybridized carbons (Fsp3) is 0.200. The van der Waals surface area contributed by atoms with E-state index in [1.807, 2.05) is 54.6 Å². The molecule has 0 bridgehead atoms. The summed E-state index contributed by atoms with van der Waals surface area (Å²) in [6.07, 6.45) is 0.240. The number of nitrogens with one attached hydrogen (secondary N) is 1. The zero-order valence-corrected chi connectivity index (χ0v) is 19.1. The Labute approximate surface area is 195 Å². The third-order valence-electron chi connectivity index (χ3n) is 5.13. The zero-order chi connectivity index (χ0) is 24.0. The minimum Gasteiger partial charge on any atom is -0.755 e. The van der Waals surface area contributed by atoms with Crippen LogP contribution < -0.4 is 9.62 Å².